The van der Waals surface area contributed by atoms with Gasteiger partial charge in [0.1, 0.15) is 11.5 Å². The van der Waals surface area contributed by atoms with Crippen molar-refractivity contribution in [1.82, 2.24) is 0 Å². The van der Waals surface area contributed by atoms with Crippen molar-refractivity contribution in [2.24, 2.45) is 0 Å². The molecule has 0 aliphatic carbocycles. The van der Waals surface area contributed by atoms with E-state index in [2.05, 4.69) is 10.1 Å². The van der Waals surface area contributed by atoms with Crippen LogP contribution >= 0.6 is 11.6 Å². The highest BCUT2D eigenvalue weighted by molar-refractivity contribution is 7.92. The Balaban J connectivity index is 2.08. The van der Waals surface area contributed by atoms with E-state index in [0.717, 1.165) is 18.2 Å². The Morgan fingerprint density at radius 2 is 1.52 bits per heavy atom. The van der Waals surface area contributed by atoms with Crippen molar-refractivity contribution in [1.29, 1.82) is 0 Å². The van der Waals surface area contributed by atoms with Crippen LogP contribution in [0.5, 0.6) is 11.5 Å². The van der Waals surface area contributed by atoms with E-state index < -0.39 is 54.4 Å². The maximum Gasteiger partial charge on any atom is 0.573 e. The molecule has 0 bridgehead atoms. The van der Waals surface area contributed by atoms with E-state index in [1.165, 1.54) is 19.1 Å². The van der Waals surface area contributed by atoms with E-state index in [0.29, 0.717) is 28.8 Å². The van der Waals surface area contributed by atoms with Gasteiger partial charge in [-0.1, -0.05) is 44.5 Å². The first-order valence-corrected chi connectivity index (χ1v) is 13.1. The lowest BCUT2D eigenvalue weighted by molar-refractivity contribution is -0.274. The maximum atomic E-state index is 13.3. The molecule has 0 atom stereocenters. The number of anilines is 1. The van der Waals surface area contributed by atoms with Crippen LogP contribution in [0.4, 0.5) is 32.0 Å². The van der Waals surface area contributed by atoms with Crippen molar-refractivity contribution in [3.63, 3.8) is 0 Å². The SMILES string of the molecule is Cc1c(-c2ccc(OC(F)(F)F)cc2)cc(C(C)(C)C)c(O)c1C(=O)Nc1ccc(S(=O)(=O)C(F)(F)F)cc1Cl. The van der Waals surface area contributed by atoms with E-state index in [4.69, 9.17) is 11.6 Å². The quantitative estimate of drug-likeness (QED) is 0.288. The number of carbonyl (C=O) groups excluding carboxylic acids is 1. The molecule has 14 heteroatoms. The number of ether oxygens (including phenoxy) is 1. The lowest BCUT2D eigenvalue weighted by atomic mass is 9.81. The molecule has 6 nitrogen and oxygen atoms in total. The highest BCUT2D eigenvalue weighted by Gasteiger charge is 2.47. The third kappa shape index (κ3) is 6.47. The lowest BCUT2D eigenvalue weighted by Gasteiger charge is -2.25. The average Bonchev–Trinajstić information content (AvgIpc) is 2.78. The van der Waals surface area contributed by atoms with Crippen LogP contribution in [-0.2, 0) is 15.3 Å². The fourth-order valence-corrected chi connectivity index (χ4v) is 4.92. The molecule has 0 aliphatic rings. The Bertz CT molecular complexity index is 1560. The Labute approximate surface area is 230 Å². The summed E-state index contributed by atoms with van der Waals surface area (Å²) >= 11 is 5.99. The number of halogens is 7. The van der Waals surface area contributed by atoms with Gasteiger partial charge < -0.3 is 15.2 Å². The average molecular weight is 610 g/mol. The first kappa shape index (κ1) is 31.1. The third-order valence-electron chi connectivity index (χ3n) is 5.80. The molecule has 3 aromatic rings. The van der Waals surface area contributed by atoms with Gasteiger partial charge in [-0.2, -0.15) is 13.2 Å². The van der Waals surface area contributed by atoms with Crippen LogP contribution in [0.3, 0.4) is 0 Å². The van der Waals surface area contributed by atoms with Crippen LogP contribution in [-0.4, -0.2) is 31.3 Å². The summed E-state index contributed by atoms with van der Waals surface area (Å²) in [6.45, 7) is 6.73. The number of sulfone groups is 1. The predicted molar refractivity (Wildman–Crippen MR) is 136 cm³/mol. The Morgan fingerprint density at radius 1 is 0.950 bits per heavy atom. The van der Waals surface area contributed by atoms with Gasteiger partial charge in [0.2, 0.25) is 0 Å². The van der Waals surface area contributed by atoms with Crippen molar-refractivity contribution in [2.75, 3.05) is 5.32 Å². The van der Waals surface area contributed by atoms with Crippen LogP contribution in [0, 0.1) is 6.92 Å². The number of benzene rings is 3. The van der Waals surface area contributed by atoms with Crippen molar-refractivity contribution in [3.05, 3.63) is 70.2 Å². The zero-order valence-electron chi connectivity index (χ0n) is 21.3. The van der Waals surface area contributed by atoms with Crippen LogP contribution in [0.15, 0.2) is 53.4 Å². The van der Waals surface area contributed by atoms with E-state index in [9.17, 15) is 44.7 Å². The first-order chi connectivity index (χ1) is 18.1. The van der Waals surface area contributed by atoms with E-state index in [-0.39, 0.29) is 16.8 Å². The van der Waals surface area contributed by atoms with E-state index >= 15 is 0 Å². The second-order valence-electron chi connectivity index (χ2n) is 9.69. The molecular weight excluding hydrogens is 588 g/mol. The number of hydrogen-bond donors (Lipinski definition) is 2. The minimum Gasteiger partial charge on any atom is -0.507 e. The summed E-state index contributed by atoms with van der Waals surface area (Å²) in [7, 11) is -5.69. The molecule has 0 radical (unpaired) electrons. The number of nitrogens with one attached hydrogen (secondary N) is 1. The summed E-state index contributed by atoms with van der Waals surface area (Å²) in [4.78, 5) is 12.2. The van der Waals surface area contributed by atoms with Gasteiger partial charge in [0, 0.05) is 5.56 Å². The van der Waals surface area contributed by atoms with Crippen molar-refractivity contribution in [2.45, 2.75) is 49.9 Å². The van der Waals surface area contributed by atoms with Crippen LogP contribution in [0.2, 0.25) is 5.02 Å². The molecule has 40 heavy (non-hydrogen) atoms. The molecule has 0 aromatic heterocycles. The zero-order chi connectivity index (χ0) is 30.4. The smallest absolute Gasteiger partial charge is 0.507 e. The molecule has 3 aromatic carbocycles. The number of hydrogen-bond acceptors (Lipinski definition) is 5. The molecule has 0 spiro atoms. The summed E-state index contributed by atoms with van der Waals surface area (Å²) in [6, 6.07) is 8.47. The normalized spacial score (nSPS) is 12.8. The topological polar surface area (TPSA) is 92.7 Å². The minimum absolute atomic E-state index is 0.222. The van der Waals surface area contributed by atoms with Gasteiger partial charge in [-0.3, -0.25) is 4.79 Å². The standard InChI is InChI=1S/C26H22ClF6NO5S/c1-13-17(14-5-7-15(8-6-14)39-25(28,29)30)12-18(24(2,3)4)22(35)21(13)23(36)34-20-10-9-16(11-19(20)27)40(37,38)26(31,32)33/h5-12,35H,1-4H3,(H,34,36). The maximum absolute atomic E-state index is 13.3. The van der Waals surface area contributed by atoms with Gasteiger partial charge >= 0.3 is 11.9 Å². The highest BCUT2D eigenvalue weighted by Crippen LogP contribution is 2.41. The molecule has 0 aliphatic heterocycles. The number of carbonyl (C=O) groups is 1. The van der Waals surface area contributed by atoms with Crippen LogP contribution < -0.4 is 10.1 Å². The summed E-state index contributed by atoms with van der Waals surface area (Å²) < 4.78 is 104. The highest BCUT2D eigenvalue weighted by atomic mass is 35.5. The second-order valence-corrected chi connectivity index (χ2v) is 12.0. The molecule has 0 heterocycles. The van der Waals surface area contributed by atoms with Crippen molar-refractivity contribution in [3.8, 4) is 22.6 Å². The molecule has 0 unspecified atom stereocenters. The monoisotopic (exact) mass is 609 g/mol. The fraction of sp³-hybridized carbons (Fsp3) is 0.269. The summed E-state index contributed by atoms with van der Waals surface area (Å²) in [6.07, 6.45) is -4.89. The molecule has 1 amide bonds. The van der Waals surface area contributed by atoms with Gasteiger partial charge in [-0.25, -0.2) is 8.42 Å². The van der Waals surface area contributed by atoms with Gasteiger partial charge in [-0.05, 0) is 65.4 Å². The van der Waals surface area contributed by atoms with Crippen molar-refractivity contribution < 1.29 is 49.4 Å². The van der Waals surface area contributed by atoms with Crippen molar-refractivity contribution >= 4 is 33.0 Å². The van der Waals surface area contributed by atoms with Gasteiger partial charge in [0.25, 0.3) is 15.7 Å². The number of alkyl halides is 6. The number of amides is 1. The zero-order valence-corrected chi connectivity index (χ0v) is 22.8. The van der Waals surface area contributed by atoms with Gasteiger partial charge in [0.05, 0.1) is 21.2 Å². The van der Waals surface area contributed by atoms with E-state index in [1.807, 2.05) is 0 Å². The molecule has 2 N–H and O–H groups in total. The largest absolute Gasteiger partial charge is 0.573 e. The Kier molecular flexibility index (Phi) is 8.17. The van der Waals surface area contributed by atoms with Crippen LogP contribution in [0.1, 0.15) is 42.3 Å². The molecular formula is C26H22ClF6NO5S. The van der Waals surface area contributed by atoms with Crippen LogP contribution in [0.25, 0.3) is 11.1 Å². The predicted octanol–water partition coefficient (Wildman–Crippen LogP) is 7.76. The fourth-order valence-electron chi connectivity index (χ4n) is 3.84. The van der Waals surface area contributed by atoms with Gasteiger partial charge in [-0.15, -0.1) is 13.2 Å². The molecule has 3 rings (SSSR count). The summed E-state index contributed by atoms with van der Waals surface area (Å²) in [5.74, 6) is -1.80. The molecule has 0 saturated carbocycles. The van der Waals surface area contributed by atoms with Gasteiger partial charge in [0.15, 0.2) is 0 Å². The first-order valence-electron chi connectivity index (χ1n) is 11.3. The Hall–Kier alpha value is -3.45. The van der Waals surface area contributed by atoms with E-state index in [1.54, 1.807) is 26.8 Å². The number of rotatable bonds is 5. The lowest BCUT2D eigenvalue weighted by Crippen LogP contribution is -2.23. The Morgan fingerprint density at radius 3 is 2.00 bits per heavy atom. The second kappa shape index (κ2) is 10.5. The molecule has 0 saturated heterocycles. The number of phenolic OH excluding ortho intramolecular Hbond substituents is 1. The summed E-state index contributed by atoms with van der Waals surface area (Å²) in [5, 5.41) is 12.9. The third-order valence-corrected chi connectivity index (χ3v) is 7.59. The minimum atomic E-state index is -5.69. The molecule has 216 valence electrons. The molecule has 0 fully saturated rings. The number of phenols is 1. The number of aromatic hydroxyl groups is 1. The summed E-state index contributed by atoms with van der Waals surface area (Å²) in [5.41, 5.74) is -5.43.